The highest BCUT2D eigenvalue weighted by Gasteiger charge is 2.09. The quantitative estimate of drug-likeness (QED) is 0.850. The molecule has 0 aliphatic heterocycles. The number of nitrogens with one attached hydrogen (secondary N) is 2. The van der Waals surface area contributed by atoms with Gasteiger partial charge in [0.2, 0.25) is 0 Å². The Labute approximate surface area is 101 Å². The molecule has 1 aromatic carbocycles. The Hall–Kier alpha value is -1.97. The molecule has 0 atom stereocenters. The van der Waals surface area contributed by atoms with Crippen molar-refractivity contribution >= 4 is 5.82 Å². The highest BCUT2D eigenvalue weighted by molar-refractivity contribution is 5.70. The number of ether oxygens (including phenoxy) is 1. The number of hydrogen-bond donors (Lipinski definition) is 2. The molecule has 4 heteroatoms. The largest absolute Gasteiger partial charge is 0.496 e. The van der Waals surface area contributed by atoms with Crippen LogP contribution in [0.15, 0.2) is 24.3 Å². The standard InChI is InChI=1S/C13H17N3O/c1-4-14-13-8-11(15-16-13)10-7-9(2)5-6-12(10)17-3/h5-8H,4H2,1-3H3,(H2,14,15,16). The van der Waals surface area contributed by atoms with E-state index in [1.165, 1.54) is 5.56 Å². The second kappa shape index (κ2) is 4.91. The molecule has 0 unspecified atom stereocenters. The van der Waals surface area contributed by atoms with Crippen LogP contribution in [0.2, 0.25) is 0 Å². The monoisotopic (exact) mass is 231 g/mol. The molecule has 4 nitrogen and oxygen atoms in total. The predicted molar refractivity (Wildman–Crippen MR) is 69.5 cm³/mol. The number of anilines is 1. The summed E-state index contributed by atoms with van der Waals surface area (Å²) < 4.78 is 5.36. The predicted octanol–water partition coefficient (Wildman–Crippen LogP) is 2.83. The van der Waals surface area contributed by atoms with Gasteiger partial charge in [0.05, 0.1) is 12.8 Å². The molecule has 0 bridgehead atoms. The Kier molecular flexibility index (Phi) is 3.32. The summed E-state index contributed by atoms with van der Waals surface area (Å²) in [6.07, 6.45) is 0. The van der Waals surface area contributed by atoms with Gasteiger partial charge in [-0.05, 0) is 26.0 Å². The SMILES string of the molecule is CCNc1cc(-c2cc(C)ccc2OC)[nH]n1. The molecule has 90 valence electrons. The van der Waals surface area contributed by atoms with Gasteiger partial charge in [-0.2, -0.15) is 5.10 Å². The van der Waals surface area contributed by atoms with E-state index in [9.17, 15) is 0 Å². The van der Waals surface area contributed by atoms with Crippen molar-refractivity contribution < 1.29 is 4.74 Å². The van der Waals surface area contributed by atoms with Gasteiger partial charge in [-0.25, -0.2) is 0 Å². The minimum Gasteiger partial charge on any atom is -0.496 e. The van der Waals surface area contributed by atoms with Crippen LogP contribution in [0.25, 0.3) is 11.3 Å². The highest BCUT2D eigenvalue weighted by atomic mass is 16.5. The molecule has 2 N–H and O–H groups in total. The topological polar surface area (TPSA) is 49.9 Å². The van der Waals surface area contributed by atoms with Crippen LogP contribution in [-0.2, 0) is 0 Å². The molecule has 0 fully saturated rings. The van der Waals surface area contributed by atoms with Crippen LogP contribution in [0.4, 0.5) is 5.82 Å². The van der Waals surface area contributed by atoms with Gasteiger partial charge < -0.3 is 10.1 Å². The molecule has 0 saturated carbocycles. The van der Waals surface area contributed by atoms with Crippen LogP contribution in [0.1, 0.15) is 12.5 Å². The van der Waals surface area contributed by atoms with E-state index in [0.717, 1.165) is 29.4 Å². The van der Waals surface area contributed by atoms with E-state index in [0.29, 0.717) is 0 Å². The van der Waals surface area contributed by atoms with Crippen LogP contribution in [-0.4, -0.2) is 23.9 Å². The number of aromatic amines is 1. The number of methoxy groups -OCH3 is 1. The van der Waals surface area contributed by atoms with Crippen molar-refractivity contribution in [1.29, 1.82) is 0 Å². The van der Waals surface area contributed by atoms with Gasteiger partial charge in [-0.3, -0.25) is 5.10 Å². The van der Waals surface area contributed by atoms with Crippen molar-refractivity contribution in [3.8, 4) is 17.0 Å². The molecule has 0 aliphatic carbocycles. The van der Waals surface area contributed by atoms with Crippen molar-refractivity contribution in [2.45, 2.75) is 13.8 Å². The summed E-state index contributed by atoms with van der Waals surface area (Å²) in [4.78, 5) is 0. The van der Waals surface area contributed by atoms with E-state index in [1.807, 2.05) is 25.1 Å². The fourth-order valence-electron chi connectivity index (χ4n) is 1.76. The fourth-order valence-corrected chi connectivity index (χ4v) is 1.76. The van der Waals surface area contributed by atoms with Gasteiger partial charge in [0.1, 0.15) is 11.6 Å². The van der Waals surface area contributed by atoms with Crippen LogP contribution in [0.5, 0.6) is 5.75 Å². The maximum absolute atomic E-state index is 5.36. The number of benzene rings is 1. The summed E-state index contributed by atoms with van der Waals surface area (Å²) in [5.74, 6) is 1.70. The average Bonchev–Trinajstić information content (AvgIpc) is 2.78. The lowest BCUT2D eigenvalue weighted by Crippen LogP contribution is -1.95. The Balaban J connectivity index is 2.40. The molecule has 0 saturated heterocycles. The zero-order chi connectivity index (χ0) is 12.3. The molecule has 2 aromatic rings. The van der Waals surface area contributed by atoms with Crippen molar-refractivity contribution in [1.82, 2.24) is 10.2 Å². The van der Waals surface area contributed by atoms with Crippen LogP contribution in [0, 0.1) is 6.92 Å². The van der Waals surface area contributed by atoms with Crippen LogP contribution < -0.4 is 10.1 Å². The molecule has 1 heterocycles. The molecular formula is C13H17N3O. The van der Waals surface area contributed by atoms with E-state index in [1.54, 1.807) is 7.11 Å². The summed E-state index contributed by atoms with van der Waals surface area (Å²) >= 11 is 0. The van der Waals surface area contributed by atoms with Gasteiger partial charge in [0.15, 0.2) is 0 Å². The minimum absolute atomic E-state index is 0.849. The van der Waals surface area contributed by atoms with E-state index >= 15 is 0 Å². The normalized spacial score (nSPS) is 10.3. The second-order valence-electron chi connectivity index (χ2n) is 3.90. The molecule has 0 spiro atoms. The third-order valence-corrected chi connectivity index (χ3v) is 2.58. The first-order valence-electron chi connectivity index (χ1n) is 5.69. The average molecular weight is 231 g/mol. The van der Waals surface area contributed by atoms with E-state index < -0.39 is 0 Å². The number of aromatic nitrogens is 2. The Morgan fingerprint density at radius 1 is 1.35 bits per heavy atom. The lowest BCUT2D eigenvalue weighted by atomic mass is 10.1. The van der Waals surface area contributed by atoms with Gasteiger partial charge in [0, 0.05) is 18.2 Å². The zero-order valence-corrected chi connectivity index (χ0v) is 10.4. The molecule has 0 amide bonds. The number of H-pyrrole nitrogens is 1. The molecule has 0 radical (unpaired) electrons. The van der Waals surface area contributed by atoms with Gasteiger partial charge in [-0.15, -0.1) is 0 Å². The minimum atomic E-state index is 0.849. The number of aryl methyl sites for hydroxylation is 1. The molecular weight excluding hydrogens is 214 g/mol. The Bertz CT molecular complexity index is 505. The third-order valence-electron chi connectivity index (χ3n) is 2.58. The zero-order valence-electron chi connectivity index (χ0n) is 10.4. The van der Waals surface area contributed by atoms with Crippen molar-refractivity contribution in [2.75, 3.05) is 19.0 Å². The molecule has 17 heavy (non-hydrogen) atoms. The summed E-state index contributed by atoms with van der Waals surface area (Å²) in [7, 11) is 1.68. The van der Waals surface area contributed by atoms with Gasteiger partial charge >= 0.3 is 0 Å². The second-order valence-corrected chi connectivity index (χ2v) is 3.90. The fraction of sp³-hybridized carbons (Fsp3) is 0.308. The summed E-state index contributed by atoms with van der Waals surface area (Å²) in [6, 6.07) is 8.07. The molecule has 0 aliphatic rings. The summed E-state index contributed by atoms with van der Waals surface area (Å²) in [5.41, 5.74) is 3.19. The Morgan fingerprint density at radius 3 is 2.88 bits per heavy atom. The van der Waals surface area contributed by atoms with Crippen molar-refractivity contribution in [2.24, 2.45) is 0 Å². The lowest BCUT2D eigenvalue weighted by Gasteiger charge is -2.07. The Morgan fingerprint density at radius 2 is 2.18 bits per heavy atom. The van der Waals surface area contributed by atoms with Crippen LogP contribution >= 0.6 is 0 Å². The first-order valence-corrected chi connectivity index (χ1v) is 5.69. The maximum Gasteiger partial charge on any atom is 0.148 e. The van der Waals surface area contributed by atoms with E-state index in [4.69, 9.17) is 4.74 Å². The molecule has 1 aromatic heterocycles. The number of nitrogens with zero attached hydrogens (tertiary/aromatic N) is 1. The third kappa shape index (κ3) is 2.41. The first-order chi connectivity index (χ1) is 8.24. The molecule has 2 rings (SSSR count). The highest BCUT2D eigenvalue weighted by Crippen LogP contribution is 2.30. The van der Waals surface area contributed by atoms with Crippen LogP contribution in [0.3, 0.4) is 0 Å². The van der Waals surface area contributed by atoms with Crippen molar-refractivity contribution in [3.63, 3.8) is 0 Å². The first kappa shape index (κ1) is 11.5. The number of hydrogen-bond acceptors (Lipinski definition) is 3. The lowest BCUT2D eigenvalue weighted by molar-refractivity contribution is 0.416. The van der Waals surface area contributed by atoms with Gasteiger partial charge in [0.25, 0.3) is 0 Å². The summed E-state index contributed by atoms with van der Waals surface area (Å²) in [5, 5.41) is 10.4. The smallest absolute Gasteiger partial charge is 0.148 e. The van der Waals surface area contributed by atoms with E-state index in [-0.39, 0.29) is 0 Å². The number of rotatable bonds is 4. The summed E-state index contributed by atoms with van der Waals surface area (Å²) in [6.45, 7) is 4.96. The van der Waals surface area contributed by atoms with Gasteiger partial charge in [-0.1, -0.05) is 11.6 Å². The van der Waals surface area contributed by atoms with E-state index in [2.05, 4.69) is 28.5 Å². The maximum atomic E-state index is 5.36. The van der Waals surface area contributed by atoms with Crippen molar-refractivity contribution in [3.05, 3.63) is 29.8 Å².